The van der Waals surface area contributed by atoms with Crippen LogP contribution in [0.4, 0.5) is 10.1 Å². The summed E-state index contributed by atoms with van der Waals surface area (Å²) in [5, 5.41) is 2.45. The number of carbonyl (C=O) groups excluding carboxylic acids is 2. The van der Waals surface area contributed by atoms with Crippen molar-refractivity contribution in [3.8, 4) is 0 Å². The maximum absolute atomic E-state index is 13.5. The molecular weight excluding hydrogens is 344 g/mol. The zero-order valence-corrected chi connectivity index (χ0v) is 13.8. The number of benzene rings is 2. The number of methoxy groups -OCH3 is 1. The Morgan fingerprint density at radius 2 is 1.83 bits per heavy atom. The molecule has 0 aliphatic heterocycles. The Bertz CT molecular complexity index is 793. The Kier molecular flexibility index (Phi) is 5.23. The number of hydrogen-bond donors (Lipinski definition) is 1. The normalized spacial score (nSPS) is 10.3. The standard InChI is InChI=1S/C16H12Cl2FNO3/c1-8-3-4-9(16(22)23-2)5-14(8)20-15(21)10-6-13(19)12(18)7-11(10)17/h3-7H,1-2H3,(H,20,21). The van der Waals surface area contributed by atoms with Gasteiger partial charge in [-0.3, -0.25) is 4.79 Å². The molecule has 2 aromatic rings. The van der Waals surface area contributed by atoms with E-state index in [0.29, 0.717) is 5.69 Å². The van der Waals surface area contributed by atoms with E-state index in [2.05, 4.69) is 10.1 Å². The smallest absolute Gasteiger partial charge is 0.337 e. The van der Waals surface area contributed by atoms with Gasteiger partial charge in [0.1, 0.15) is 5.82 Å². The van der Waals surface area contributed by atoms with E-state index in [1.807, 2.05) is 0 Å². The summed E-state index contributed by atoms with van der Waals surface area (Å²) in [7, 11) is 1.26. The van der Waals surface area contributed by atoms with Crippen LogP contribution < -0.4 is 5.32 Å². The number of hydrogen-bond acceptors (Lipinski definition) is 3. The molecule has 0 saturated heterocycles. The van der Waals surface area contributed by atoms with Gasteiger partial charge in [-0.15, -0.1) is 0 Å². The van der Waals surface area contributed by atoms with Crippen molar-refractivity contribution in [3.05, 3.63) is 62.9 Å². The molecule has 0 saturated carbocycles. The molecular formula is C16H12Cl2FNO3. The van der Waals surface area contributed by atoms with E-state index < -0.39 is 17.7 Å². The molecule has 2 rings (SSSR count). The molecule has 120 valence electrons. The highest BCUT2D eigenvalue weighted by Crippen LogP contribution is 2.26. The predicted molar refractivity (Wildman–Crippen MR) is 86.9 cm³/mol. The van der Waals surface area contributed by atoms with Crippen LogP contribution in [0.25, 0.3) is 0 Å². The van der Waals surface area contributed by atoms with E-state index in [1.165, 1.54) is 13.2 Å². The SMILES string of the molecule is COC(=O)c1ccc(C)c(NC(=O)c2cc(F)c(Cl)cc2Cl)c1. The molecule has 1 N–H and O–H groups in total. The maximum atomic E-state index is 13.5. The number of rotatable bonds is 3. The third kappa shape index (κ3) is 3.81. The maximum Gasteiger partial charge on any atom is 0.337 e. The minimum Gasteiger partial charge on any atom is -0.465 e. The van der Waals surface area contributed by atoms with Crippen molar-refractivity contribution >= 4 is 40.8 Å². The van der Waals surface area contributed by atoms with Gasteiger partial charge in [-0.1, -0.05) is 29.3 Å². The summed E-state index contributed by atoms with van der Waals surface area (Å²) >= 11 is 11.5. The van der Waals surface area contributed by atoms with Crippen molar-refractivity contribution in [2.75, 3.05) is 12.4 Å². The molecule has 0 fully saturated rings. The molecule has 2 aromatic carbocycles. The van der Waals surface area contributed by atoms with E-state index in [0.717, 1.165) is 17.7 Å². The quantitative estimate of drug-likeness (QED) is 0.652. The molecule has 1 amide bonds. The first-order valence-corrected chi connectivity index (χ1v) is 7.24. The molecule has 0 heterocycles. The van der Waals surface area contributed by atoms with Crippen molar-refractivity contribution < 1.29 is 18.7 Å². The number of carbonyl (C=O) groups is 2. The highest BCUT2D eigenvalue weighted by molar-refractivity contribution is 6.37. The second kappa shape index (κ2) is 6.98. The van der Waals surface area contributed by atoms with Gasteiger partial charge in [-0.2, -0.15) is 0 Å². The Labute approximate surface area is 142 Å². The van der Waals surface area contributed by atoms with Gasteiger partial charge in [-0.25, -0.2) is 9.18 Å². The van der Waals surface area contributed by atoms with Gasteiger partial charge in [-0.05, 0) is 36.8 Å². The molecule has 23 heavy (non-hydrogen) atoms. The number of aryl methyl sites for hydroxylation is 1. The van der Waals surface area contributed by atoms with Crippen molar-refractivity contribution in [3.63, 3.8) is 0 Å². The molecule has 0 aliphatic rings. The largest absolute Gasteiger partial charge is 0.465 e. The van der Waals surface area contributed by atoms with Gasteiger partial charge in [0.05, 0.1) is 28.3 Å². The second-order valence-corrected chi connectivity index (χ2v) is 5.54. The summed E-state index contributed by atoms with van der Waals surface area (Å²) < 4.78 is 18.2. The lowest BCUT2D eigenvalue weighted by Gasteiger charge is -2.11. The lowest BCUT2D eigenvalue weighted by molar-refractivity contribution is 0.0600. The molecule has 4 nitrogen and oxygen atoms in total. The van der Waals surface area contributed by atoms with Gasteiger partial charge in [0.15, 0.2) is 0 Å². The zero-order valence-electron chi connectivity index (χ0n) is 12.2. The lowest BCUT2D eigenvalue weighted by atomic mass is 10.1. The van der Waals surface area contributed by atoms with Crippen LogP contribution in [0.2, 0.25) is 10.0 Å². The van der Waals surface area contributed by atoms with Gasteiger partial charge >= 0.3 is 5.97 Å². The van der Waals surface area contributed by atoms with Crippen molar-refractivity contribution in [2.24, 2.45) is 0 Å². The molecule has 7 heteroatoms. The Hall–Kier alpha value is -2.11. The Morgan fingerprint density at radius 3 is 2.48 bits per heavy atom. The van der Waals surface area contributed by atoms with Crippen molar-refractivity contribution in [1.82, 2.24) is 0 Å². The fourth-order valence-electron chi connectivity index (χ4n) is 1.89. The lowest BCUT2D eigenvalue weighted by Crippen LogP contribution is -2.14. The fraction of sp³-hybridized carbons (Fsp3) is 0.125. The first-order valence-electron chi connectivity index (χ1n) is 6.48. The molecule has 0 aromatic heterocycles. The molecule has 0 spiro atoms. The summed E-state index contributed by atoms with van der Waals surface area (Å²) in [6, 6.07) is 6.82. The van der Waals surface area contributed by atoms with E-state index in [1.54, 1.807) is 19.1 Å². The number of ether oxygens (including phenoxy) is 1. The van der Waals surface area contributed by atoms with Crippen LogP contribution in [0.1, 0.15) is 26.3 Å². The number of esters is 1. The molecule has 0 bridgehead atoms. The van der Waals surface area contributed by atoms with E-state index in [-0.39, 0.29) is 21.2 Å². The topological polar surface area (TPSA) is 55.4 Å². The molecule has 0 atom stereocenters. The first kappa shape index (κ1) is 17.2. The fourth-order valence-corrected chi connectivity index (χ4v) is 2.36. The summed E-state index contributed by atoms with van der Waals surface area (Å²) in [6.45, 7) is 1.75. The van der Waals surface area contributed by atoms with Crippen LogP contribution >= 0.6 is 23.2 Å². The van der Waals surface area contributed by atoms with Crippen LogP contribution in [-0.4, -0.2) is 19.0 Å². The minimum absolute atomic E-state index is 0.0238. The Morgan fingerprint density at radius 1 is 1.13 bits per heavy atom. The molecule has 0 aliphatic carbocycles. The van der Waals surface area contributed by atoms with Crippen LogP contribution in [-0.2, 0) is 4.74 Å². The van der Waals surface area contributed by atoms with Crippen LogP contribution in [0.15, 0.2) is 30.3 Å². The highest BCUT2D eigenvalue weighted by Gasteiger charge is 2.16. The molecule has 0 unspecified atom stereocenters. The van der Waals surface area contributed by atoms with Crippen LogP contribution in [0.3, 0.4) is 0 Å². The predicted octanol–water partition coefficient (Wildman–Crippen LogP) is 4.48. The van der Waals surface area contributed by atoms with Crippen molar-refractivity contribution in [1.29, 1.82) is 0 Å². The minimum atomic E-state index is -0.749. The average molecular weight is 356 g/mol. The van der Waals surface area contributed by atoms with Gasteiger partial charge in [0.25, 0.3) is 5.91 Å². The van der Waals surface area contributed by atoms with E-state index >= 15 is 0 Å². The molecule has 0 radical (unpaired) electrons. The average Bonchev–Trinajstić information content (AvgIpc) is 2.52. The summed E-state index contributed by atoms with van der Waals surface area (Å²) in [5.74, 6) is -1.90. The first-order chi connectivity index (χ1) is 10.8. The number of anilines is 1. The van der Waals surface area contributed by atoms with Crippen molar-refractivity contribution in [2.45, 2.75) is 6.92 Å². The van der Waals surface area contributed by atoms with Gasteiger partial charge < -0.3 is 10.1 Å². The zero-order chi connectivity index (χ0) is 17.1. The number of amides is 1. The third-order valence-electron chi connectivity index (χ3n) is 3.16. The number of nitrogens with one attached hydrogen (secondary N) is 1. The summed E-state index contributed by atoms with van der Waals surface area (Å²) in [4.78, 5) is 23.8. The van der Waals surface area contributed by atoms with Crippen LogP contribution in [0.5, 0.6) is 0 Å². The van der Waals surface area contributed by atoms with Gasteiger partial charge in [0.2, 0.25) is 0 Å². The monoisotopic (exact) mass is 355 g/mol. The van der Waals surface area contributed by atoms with Crippen LogP contribution in [0, 0.1) is 12.7 Å². The Balaban J connectivity index is 2.34. The highest BCUT2D eigenvalue weighted by atomic mass is 35.5. The second-order valence-electron chi connectivity index (χ2n) is 4.72. The van der Waals surface area contributed by atoms with E-state index in [9.17, 15) is 14.0 Å². The third-order valence-corrected chi connectivity index (χ3v) is 3.76. The summed E-state index contributed by atoms with van der Waals surface area (Å²) in [6.07, 6.45) is 0. The van der Waals surface area contributed by atoms with Gasteiger partial charge in [0, 0.05) is 5.69 Å². The van der Waals surface area contributed by atoms with E-state index in [4.69, 9.17) is 23.2 Å². The number of halogens is 3. The summed E-state index contributed by atoms with van der Waals surface area (Å²) in [5.41, 5.74) is 1.33.